The number of hydrogen-bond donors (Lipinski definition) is 1. The van der Waals surface area contributed by atoms with E-state index in [9.17, 15) is 8.78 Å². The topological polar surface area (TPSA) is 26.0 Å². The lowest BCUT2D eigenvalue weighted by Gasteiger charge is -2.05. The van der Waals surface area contributed by atoms with Crippen molar-refractivity contribution < 1.29 is 8.78 Å². The Balaban J connectivity index is 3.17. The summed E-state index contributed by atoms with van der Waals surface area (Å²) in [6, 6.07) is -0.954. The lowest BCUT2D eigenvalue weighted by atomic mass is 10.4. The molecule has 0 aromatic carbocycles. The van der Waals surface area contributed by atoms with Crippen molar-refractivity contribution in [3.8, 4) is 0 Å². The maximum atomic E-state index is 11.5. The van der Waals surface area contributed by atoms with E-state index in [-0.39, 0.29) is 0 Å². The summed E-state index contributed by atoms with van der Waals surface area (Å²) in [6.07, 6.45) is -0.621. The molecule has 1 nitrogen and oxygen atoms in total. The molecule has 0 spiro atoms. The average molecular weight is 141 g/mol. The molecule has 0 aromatic heterocycles. The maximum Gasteiger partial charge on any atom is 0.254 e. The van der Waals surface area contributed by atoms with Gasteiger partial charge in [0, 0.05) is 5.75 Å². The van der Waals surface area contributed by atoms with Crippen LogP contribution < -0.4 is 5.73 Å². The van der Waals surface area contributed by atoms with Gasteiger partial charge in [-0.15, -0.1) is 0 Å². The molecule has 0 aliphatic rings. The largest absolute Gasteiger partial charge is 0.322 e. The summed E-state index contributed by atoms with van der Waals surface area (Å²) in [5.74, 6) is 0.331. The molecule has 4 heteroatoms. The molecular weight excluding hydrogens is 132 g/mol. The Labute approximate surface area is 51.6 Å². The number of rotatable bonds is 3. The standard InChI is InChI=1S/C4H9F2NS/c1-8-2-3(7)4(5)6/h3-4H,2,7H2,1H3. The van der Waals surface area contributed by atoms with E-state index < -0.39 is 12.5 Å². The Morgan fingerprint density at radius 3 is 2.25 bits per heavy atom. The summed E-state index contributed by atoms with van der Waals surface area (Å²) < 4.78 is 23.0. The zero-order chi connectivity index (χ0) is 6.57. The van der Waals surface area contributed by atoms with E-state index >= 15 is 0 Å². The highest BCUT2D eigenvalue weighted by Gasteiger charge is 2.12. The molecule has 0 radical (unpaired) electrons. The van der Waals surface area contributed by atoms with Crippen LogP contribution in [0.25, 0.3) is 0 Å². The Morgan fingerprint density at radius 1 is 1.62 bits per heavy atom. The van der Waals surface area contributed by atoms with Crippen LogP contribution in [-0.4, -0.2) is 24.5 Å². The number of hydrogen-bond acceptors (Lipinski definition) is 2. The first kappa shape index (κ1) is 8.17. The van der Waals surface area contributed by atoms with Gasteiger partial charge in [-0.25, -0.2) is 8.78 Å². The van der Waals surface area contributed by atoms with Gasteiger partial charge in [-0.2, -0.15) is 11.8 Å². The molecule has 50 valence electrons. The van der Waals surface area contributed by atoms with Gasteiger partial charge in [0.05, 0.1) is 6.04 Å². The molecule has 0 rings (SSSR count). The summed E-state index contributed by atoms with van der Waals surface area (Å²) in [6.45, 7) is 0. The highest BCUT2D eigenvalue weighted by molar-refractivity contribution is 7.98. The normalized spacial score (nSPS) is 14.6. The van der Waals surface area contributed by atoms with E-state index in [1.807, 2.05) is 0 Å². The van der Waals surface area contributed by atoms with Crippen molar-refractivity contribution in [2.24, 2.45) is 5.73 Å². The van der Waals surface area contributed by atoms with Crippen LogP contribution in [0.5, 0.6) is 0 Å². The van der Waals surface area contributed by atoms with Crippen molar-refractivity contribution in [3.05, 3.63) is 0 Å². The van der Waals surface area contributed by atoms with E-state index in [2.05, 4.69) is 0 Å². The van der Waals surface area contributed by atoms with E-state index in [1.54, 1.807) is 6.26 Å². The molecule has 1 unspecified atom stereocenters. The van der Waals surface area contributed by atoms with Crippen LogP contribution >= 0.6 is 11.8 Å². The minimum atomic E-state index is -2.37. The van der Waals surface area contributed by atoms with Crippen molar-refractivity contribution in [1.29, 1.82) is 0 Å². The minimum Gasteiger partial charge on any atom is -0.322 e. The summed E-state index contributed by atoms with van der Waals surface area (Å²) in [5.41, 5.74) is 4.96. The summed E-state index contributed by atoms with van der Waals surface area (Å²) >= 11 is 1.33. The minimum absolute atomic E-state index is 0.331. The second-order valence-electron chi connectivity index (χ2n) is 1.45. The quantitative estimate of drug-likeness (QED) is 0.633. The van der Waals surface area contributed by atoms with Crippen LogP contribution in [0.3, 0.4) is 0 Å². The second-order valence-corrected chi connectivity index (χ2v) is 2.36. The fraction of sp³-hybridized carbons (Fsp3) is 1.00. The molecule has 0 heterocycles. The van der Waals surface area contributed by atoms with Crippen LogP contribution in [0.2, 0.25) is 0 Å². The van der Waals surface area contributed by atoms with Gasteiger partial charge in [-0.3, -0.25) is 0 Å². The lowest BCUT2D eigenvalue weighted by molar-refractivity contribution is 0.125. The summed E-state index contributed by atoms with van der Waals surface area (Å²) in [4.78, 5) is 0. The molecule has 8 heavy (non-hydrogen) atoms. The summed E-state index contributed by atoms with van der Waals surface area (Å²) in [7, 11) is 0. The lowest BCUT2D eigenvalue weighted by Crippen LogP contribution is -2.30. The zero-order valence-electron chi connectivity index (χ0n) is 4.60. The van der Waals surface area contributed by atoms with E-state index in [1.165, 1.54) is 11.8 Å². The van der Waals surface area contributed by atoms with Gasteiger partial charge in [-0.1, -0.05) is 0 Å². The van der Waals surface area contributed by atoms with Crippen LogP contribution in [0.4, 0.5) is 8.78 Å². The smallest absolute Gasteiger partial charge is 0.254 e. The number of alkyl halides is 2. The van der Waals surface area contributed by atoms with E-state index in [0.29, 0.717) is 5.75 Å². The molecule has 0 fully saturated rings. The Hall–Kier alpha value is 0.170. The molecule has 0 aliphatic heterocycles. The molecule has 0 saturated carbocycles. The predicted octanol–water partition coefficient (Wildman–Crippen LogP) is 0.942. The van der Waals surface area contributed by atoms with Crippen LogP contribution in [0, 0.1) is 0 Å². The van der Waals surface area contributed by atoms with Gasteiger partial charge < -0.3 is 5.73 Å². The number of halogens is 2. The van der Waals surface area contributed by atoms with Crippen LogP contribution in [-0.2, 0) is 0 Å². The third kappa shape index (κ3) is 3.21. The fourth-order valence-corrected chi connectivity index (χ4v) is 0.796. The third-order valence-electron chi connectivity index (χ3n) is 0.683. The molecule has 0 bridgehead atoms. The number of thioether (sulfide) groups is 1. The van der Waals surface area contributed by atoms with Crippen molar-refractivity contribution in [1.82, 2.24) is 0 Å². The predicted molar refractivity (Wildman–Crippen MR) is 32.4 cm³/mol. The average Bonchev–Trinajstić information content (AvgIpc) is 1.67. The highest BCUT2D eigenvalue weighted by atomic mass is 32.2. The van der Waals surface area contributed by atoms with Gasteiger partial charge in [0.25, 0.3) is 6.43 Å². The van der Waals surface area contributed by atoms with E-state index in [4.69, 9.17) is 5.73 Å². The highest BCUT2D eigenvalue weighted by Crippen LogP contribution is 2.03. The molecule has 2 N–H and O–H groups in total. The van der Waals surface area contributed by atoms with Gasteiger partial charge in [0.2, 0.25) is 0 Å². The monoisotopic (exact) mass is 141 g/mol. The zero-order valence-corrected chi connectivity index (χ0v) is 5.42. The van der Waals surface area contributed by atoms with Gasteiger partial charge in [0.15, 0.2) is 0 Å². The molecule has 1 atom stereocenters. The molecule has 0 aromatic rings. The molecule has 0 saturated heterocycles. The Morgan fingerprint density at radius 2 is 2.12 bits per heavy atom. The van der Waals surface area contributed by atoms with Gasteiger partial charge >= 0.3 is 0 Å². The molecule has 0 aliphatic carbocycles. The van der Waals surface area contributed by atoms with Crippen molar-refractivity contribution in [2.75, 3.05) is 12.0 Å². The summed E-state index contributed by atoms with van der Waals surface area (Å²) in [5, 5.41) is 0. The van der Waals surface area contributed by atoms with Crippen LogP contribution in [0.1, 0.15) is 0 Å². The Kier molecular flexibility index (Phi) is 4.18. The SMILES string of the molecule is CSCC(N)C(F)F. The maximum absolute atomic E-state index is 11.5. The van der Waals surface area contributed by atoms with Crippen molar-refractivity contribution >= 4 is 11.8 Å². The van der Waals surface area contributed by atoms with Gasteiger partial charge in [-0.05, 0) is 6.26 Å². The first-order valence-corrected chi connectivity index (χ1v) is 3.60. The van der Waals surface area contributed by atoms with E-state index in [0.717, 1.165) is 0 Å². The molecule has 0 amide bonds. The van der Waals surface area contributed by atoms with Crippen molar-refractivity contribution in [2.45, 2.75) is 12.5 Å². The van der Waals surface area contributed by atoms with Gasteiger partial charge in [0.1, 0.15) is 0 Å². The Bertz CT molecular complexity index is 60.0. The second kappa shape index (κ2) is 4.09. The van der Waals surface area contributed by atoms with Crippen LogP contribution in [0.15, 0.2) is 0 Å². The number of nitrogens with two attached hydrogens (primary N) is 1. The first-order valence-electron chi connectivity index (χ1n) is 2.21. The molecular formula is C4H9F2NS. The first-order chi connectivity index (χ1) is 3.68. The van der Waals surface area contributed by atoms with Crippen molar-refractivity contribution in [3.63, 3.8) is 0 Å². The third-order valence-corrected chi connectivity index (χ3v) is 1.40. The fourth-order valence-electron chi connectivity index (χ4n) is 0.265.